The van der Waals surface area contributed by atoms with Gasteiger partial charge in [-0.3, -0.25) is 4.79 Å². The summed E-state index contributed by atoms with van der Waals surface area (Å²) >= 11 is 0. The molecule has 0 aliphatic carbocycles. The van der Waals surface area contributed by atoms with Gasteiger partial charge in [-0.2, -0.15) is 0 Å². The summed E-state index contributed by atoms with van der Waals surface area (Å²) in [5, 5.41) is 5.85. The highest BCUT2D eigenvalue weighted by Crippen LogP contribution is 2.15. The van der Waals surface area contributed by atoms with Crippen LogP contribution in [0.5, 0.6) is 0 Å². The average Bonchev–Trinajstić information content (AvgIpc) is 2.23. The van der Waals surface area contributed by atoms with Crippen LogP contribution < -0.4 is 10.6 Å². The molecule has 1 rings (SSSR count). The van der Waals surface area contributed by atoms with E-state index in [9.17, 15) is 9.18 Å². The van der Waals surface area contributed by atoms with Crippen LogP contribution in [0.2, 0.25) is 0 Å². The first-order chi connectivity index (χ1) is 7.86. The topological polar surface area (TPSA) is 41.1 Å². The lowest BCUT2D eigenvalue weighted by Gasteiger charge is -2.24. The Balaban J connectivity index is 2.77. The Hall–Kier alpha value is -1.42. The molecule has 94 valence electrons. The van der Waals surface area contributed by atoms with Gasteiger partial charge in [-0.05, 0) is 51.1 Å². The number of hydrogen-bond acceptors (Lipinski definition) is 2. The number of carbonyl (C=O) groups excluding carboxylic acids is 1. The molecule has 0 saturated heterocycles. The maximum Gasteiger partial charge on any atom is 0.244 e. The van der Waals surface area contributed by atoms with E-state index in [-0.39, 0.29) is 11.7 Å². The van der Waals surface area contributed by atoms with Gasteiger partial charge in [0.15, 0.2) is 0 Å². The average molecular weight is 238 g/mol. The molecule has 2 N–H and O–H groups in total. The minimum Gasteiger partial charge on any atom is -0.324 e. The van der Waals surface area contributed by atoms with Crippen molar-refractivity contribution in [2.24, 2.45) is 0 Å². The van der Waals surface area contributed by atoms with E-state index >= 15 is 0 Å². The van der Waals surface area contributed by atoms with Crippen molar-refractivity contribution < 1.29 is 9.18 Å². The molecule has 1 amide bonds. The van der Waals surface area contributed by atoms with Gasteiger partial charge in [0.2, 0.25) is 5.91 Å². The lowest BCUT2D eigenvalue weighted by atomic mass is 10.0. The van der Waals surface area contributed by atoms with E-state index in [0.29, 0.717) is 17.8 Å². The van der Waals surface area contributed by atoms with E-state index in [2.05, 4.69) is 10.6 Å². The third-order valence-electron chi connectivity index (χ3n) is 2.60. The number of benzene rings is 1. The van der Waals surface area contributed by atoms with Crippen molar-refractivity contribution in [2.45, 2.75) is 33.2 Å². The van der Waals surface area contributed by atoms with Gasteiger partial charge < -0.3 is 10.6 Å². The van der Waals surface area contributed by atoms with Crippen molar-refractivity contribution in [3.63, 3.8) is 0 Å². The van der Waals surface area contributed by atoms with Crippen LogP contribution in [-0.2, 0) is 4.79 Å². The van der Waals surface area contributed by atoms with E-state index < -0.39 is 5.54 Å². The van der Waals surface area contributed by atoms with Crippen LogP contribution in [0.1, 0.15) is 26.3 Å². The molecule has 0 radical (unpaired) electrons. The van der Waals surface area contributed by atoms with Crippen LogP contribution in [0, 0.1) is 12.7 Å². The number of anilines is 1. The molecule has 3 nitrogen and oxygen atoms in total. The van der Waals surface area contributed by atoms with E-state index in [1.165, 1.54) is 6.07 Å². The van der Waals surface area contributed by atoms with E-state index in [0.717, 1.165) is 0 Å². The number of carbonyl (C=O) groups is 1. The summed E-state index contributed by atoms with van der Waals surface area (Å²) in [6.45, 7) is 7.94. The van der Waals surface area contributed by atoms with Crippen LogP contribution >= 0.6 is 0 Å². The van der Waals surface area contributed by atoms with Crippen LogP contribution in [0.15, 0.2) is 18.2 Å². The van der Waals surface area contributed by atoms with Crippen LogP contribution in [0.4, 0.5) is 10.1 Å². The summed E-state index contributed by atoms with van der Waals surface area (Å²) in [7, 11) is 0. The summed E-state index contributed by atoms with van der Waals surface area (Å²) in [5.41, 5.74) is 0.487. The Morgan fingerprint density at radius 2 is 2.06 bits per heavy atom. The zero-order chi connectivity index (χ0) is 13.1. The molecule has 17 heavy (non-hydrogen) atoms. The molecule has 0 aliphatic rings. The molecule has 0 saturated carbocycles. The van der Waals surface area contributed by atoms with Gasteiger partial charge in [-0.25, -0.2) is 4.39 Å². The van der Waals surface area contributed by atoms with E-state index in [1.807, 2.05) is 20.8 Å². The summed E-state index contributed by atoms with van der Waals surface area (Å²) in [5.74, 6) is -0.403. The summed E-state index contributed by atoms with van der Waals surface area (Å²) in [6.07, 6.45) is 0. The Labute approximate surface area is 101 Å². The molecule has 0 unspecified atom stereocenters. The van der Waals surface area contributed by atoms with Crippen molar-refractivity contribution in [1.82, 2.24) is 5.32 Å². The number of halogens is 1. The zero-order valence-electron chi connectivity index (χ0n) is 10.7. The Bertz CT molecular complexity index is 416. The van der Waals surface area contributed by atoms with Gasteiger partial charge in [-0.15, -0.1) is 0 Å². The molecular formula is C13H19FN2O. The number of likely N-dealkylation sites (N-methyl/N-ethyl adjacent to an activating group) is 1. The first-order valence-electron chi connectivity index (χ1n) is 5.69. The van der Waals surface area contributed by atoms with Crippen LogP contribution in [0.3, 0.4) is 0 Å². The van der Waals surface area contributed by atoms with E-state index in [1.54, 1.807) is 19.1 Å². The first kappa shape index (κ1) is 13.6. The third kappa shape index (κ3) is 3.53. The van der Waals surface area contributed by atoms with Crippen LogP contribution in [-0.4, -0.2) is 18.0 Å². The van der Waals surface area contributed by atoms with Gasteiger partial charge in [0.1, 0.15) is 5.82 Å². The van der Waals surface area contributed by atoms with Gasteiger partial charge in [0, 0.05) is 5.69 Å². The molecule has 0 aliphatic heterocycles. The Kier molecular flexibility index (Phi) is 4.23. The molecule has 0 atom stereocenters. The van der Waals surface area contributed by atoms with Crippen LogP contribution in [0.25, 0.3) is 0 Å². The largest absolute Gasteiger partial charge is 0.324 e. The van der Waals surface area contributed by atoms with Crippen molar-refractivity contribution in [3.8, 4) is 0 Å². The third-order valence-corrected chi connectivity index (χ3v) is 2.60. The summed E-state index contributed by atoms with van der Waals surface area (Å²) in [6, 6.07) is 4.53. The molecule has 1 aromatic carbocycles. The number of amides is 1. The van der Waals surface area contributed by atoms with Crippen molar-refractivity contribution in [2.75, 3.05) is 11.9 Å². The second-order valence-corrected chi connectivity index (χ2v) is 4.57. The smallest absolute Gasteiger partial charge is 0.244 e. The Morgan fingerprint density at radius 3 is 2.59 bits per heavy atom. The molecule has 0 aromatic heterocycles. The maximum atomic E-state index is 13.1. The molecule has 0 heterocycles. The minimum absolute atomic E-state index is 0.134. The Morgan fingerprint density at radius 1 is 1.41 bits per heavy atom. The molecule has 4 heteroatoms. The highest BCUT2D eigenvalue weighted by molar-refractivity contribution is 5.97. The minimum atomic E-state index is -0.642. The molecule has 0 spiro atoms. The highest BCUT2D eigenvalue weighted by atomic mass is 19.1. The van der Waals surface area contributed by atoms with E-state index in [4.69, 9.17) is 0 Å². The quantitative estimate of drug-likeness (QED) is 0.846. The first-order valence-corrected chi connectivity index (χ1v) is 5.69. The van der Waals surface area contributed by atoms with Gasteiger partial charge >= 0.3 is 0 Å². The molecular weight excluding hydrogens is 219 g/mol. The van der Waals surface area contributed by atoms with Gasteiger partial charge in [-0.1, -0.05) is 6.92 Å². The molecule has 0 fully saturated rings. The zero-order valence-corrected chi connectivity index (χ0v) is 10.7. The van der Waals surface area contributed by atoms with Gasteiger partial charge in [0.05, 0.1) is 5.54 Å². The van der Waals surface area contributed by atoms with Crippen molar-refractivity contribution >= 4 is 11.6 Å². The highest BCUT2D eigenvalue weighted by Gasteiger charge is 2.26. The fourth-order valence-corrected chi connectivity index (χ4v) is 1.53. The fraction of sp³-hybridized carbons (Fsp3) is 0.462. The molecule has 1 aromatic rings. The number of hydrogen-bond donors (Lipinski definition) is 2. The second kappa shape index (κ2) is 5.27. The monoisotopic (exact) mass is 238 g/mol. The molecule has 0 bridgehead atoms. The fourth-order valence-electron chi connectivity index (χ4n) is 1.53. The predicted octanol–water partition coefficient (Wildman–Crippen LogP) is 2.46. The lowest BCUT2D eigenvalue weighted by molar-refractivity contribution is -0.121. The standard InChI is InChI=1S/C13H19FN2O/c1-5-15-13(3,4)12(17)16-10-6-7-11(14)9(2)8-10/h6-8,15H,5H2,1-4H3,(H,16,17). The normalized spacial score (nSPS) is 11.4. The second-order valence-electron chi connectivity index (χ2n) is 4.57. The lowest BCUT2D eigenvalue weighted by Crippen LogP contribution is -2.49. The maximum absolute atomic E-state index is 13.1. The van der Waals surface area contributed by atoms with Gasteiger partial charge in [0.25, 0.3) is 0 Å². The SMILES string of the molecule is CCNC(C)(C)C(=O)Nc1ccc(F)c(C)c1. The van der Waals surface area contributed by atoms with Crippen molar-refractivity contribution in [1.29, 1.82) is 0 Å². The summed E-state index contributed by atoms with van der Waals surface area (Å²) < 4.78 is 13.1. The van der Waals surface area contributed by atoms with Crippen molar-refractivity contribution in [3.05, 3.63) is 29.6 Å². The number of nitrogens with one attached hydrogen (secondary N) is 2. The number of rotatable bonds is 4. The number of aryl methyl sites for hydroxylation is 1. The predicted molar refractivity (Wildman–Crippen MR) is 67.5 cm³/mol. The summed E-state index contributed by atoms with van der Waals surface area (Å²) in [4.78, 5) is 12.0.